The van der Waals surface area contributed by atoms with E-state index in [0.29, 0.717) is 5.56 Å². The number of carbonyl (C=O) groups excluding carboxylic acids is 1. The molecule has 0 N–H and O–H groups in total. The molecule has 2 aromatic rings. The number of nitrogens with zero attached hydrogens (tertiary/aromatic N) is 1. The van der Waals surface area contributed by atoms with Crippen molar-refractivity contribution in [1.29, 1.82) is 0 Å². The minimum Gasteiger partial charge on any atom is -0.287 e. The van der Waals surface area contributed by atoms with Crippen LogP contribution in [-0.4, -0.2) is 10.8 Å². The molecule has 1 aromatic heterocycles. The summed E-state index contributed by atoms with van der Waals surface area (Å²) < 4.78 is 13.5. The zero-order chi connectivity index (χ0) is 13.0. The second-order valence-corrected chi connectivity index (χ2v) is 4.11. The molecular formula is C15H14FNO. The lowest BCUT2D eigenvalue weighted by molar-refractivity contribution is 0.103. The van der Waals surface area contributed by atoms with E-state index < -0.39 is 5.82 Å². The molecular weight excluding hydrogens is 229 g/mol. The largest absolute Gasteiger partial charge is 0.287 e. The second-order valence-electron chi connectivity index (χ2n) is 4.11. The summed E-state index contributed by atoms with van der Waals surface area (Å²) in [6.07, 6.45) is 3.34. The number of halogens is 1. The molecule has 0 fully saturated rings. The van der Waals surface area contributed by atoms with Gasteiger partial charge in [-0.15, -0.1) is 0 Å². The molecule has 92 valence electrons. The average molecular weight is 243 g/mol. The van der Waals surface area contributed by atoms with Gasteiger partial charge in [-0.25, -0.2) is 9.37 Å². The van der Waals surface area contributed by atoms with Crippen LogP contribution >= 0.6 is 0 Å². The van der Waals surface area contributed by atoms with Gasteiger partial charge < -0.3 is 0 Å². The lowest BCUT2D eigenvalue weighted by Gasteiger charge is -2.04. The van der Waals surface area contributed by atoms with Gasteiger partial charge in [0.15, 0.2) is 5.82 Å². The Morgan fingerprint density at radius 2 is 2.11 bits per heavy atom. The third-order valence-corrected chi connectivity index (χ3v) is 2.70. The van der Waals surface area contributed by atoms with E-state index >= 15 is 0 Å². The van der Waals surface area contributed by atoms with E-state index in [0.717, 1.165) is 18.4 Å². The predicted molar refractivity (Wildman–Crippen MR) is 68.1 cm³/mol. The van der Waals surface area contributed by atoms with Crippen LogP contribution in [0.4, 0.5) is 4.39 Å². The van der Waals surface area contributed by atoms with Gasteiger partial charge in [0.2, 0.25) is 5.78 Å². The molecule has 0 atom stereocenters. The van der Waals surface area contributed by atoms with Crippen LogP contribution in [0.2, 0.25) is 0 Å². The Morgan fingerprint density at radius 3 is 2.83 bits per heavy atom. The summed E-state index contributed by atoms with van der Waals surface area (Å²) in [5, 5.41) is 0. The fourth-order valence-electron chi connectivity index (χ4n) is 1.85. The van der Waals surface area contributed by atoms with Crippen LogP contribution in [0, 0.1) is 5.82 Å². The molecule has 3 heteroatoms. The van der Waals surface area contributed by atoms with Gasteiger partial charge in [-0.2, -0.15) is 0 Å². The van der Waals surface area contributed by atoms with Crippen molar-refractivity contribution in [3.8, 4) is 0 Å². The van der Waals surface area contributed by atoms with E-state index in [1.165, 1.54) is 18.3 Å². The number of pyridine rings is 1. The summed E-state index contributed by atoms with van der Waals surface area (Å²) in [4.78, 5) is 15.9. The van der Waals surface area contributed by atoms with Crippen molar-refractivity contribution in [2.45, 2.75) is 19.8 Å². The van der Waals surface area contributed by atoms with Crippen molar-refractivity contribution in [1.82, 2.24) is 4.98 Å². The molecule has 0 aliphatic rings. The van der Waals surface area contributed by atoms with Crippen LogP contribution in [0.25, 0.3) is 0 Å². The number of rotatable bonds is 4. The van der Waals surface area contributed by atoms with E-state index in [-0.39, 0.29) is 11.5 Å². The molecule has 0 aliphatic carbocycles. The van der Waals surface area contributed by atoms with Gasteiger partial charge in [0.25, 0.3) is 0 Å². The van der Waals surface area contributed by atoms with Gasteiger partial charge in [-0.05, 0) is 30.2 Å². The second kappa shape index (κ2) is 5.54. The number of benzene rings is 1. The van der Waals surface area contributed by atoms with Crippen molar-refractivity contribution < 1.29 is 9.18 Å². The molecule has 0 bridgehead atoms. The van der Waals surface area contributed by atoms with E-state index in [9.17, 15) is 9.18 Å². The first-order valence-corrected chi connectivity index (χ1v) is 5.96. The SMILES string of the molecule is CCCc1cccc(C(=O)c2ncccc2F)c1. The minimum atomic E-state index is -0.580. The molecule has 0 aliphatic heterocycles. The summed E-state index contributed by atoms with van der Waals surface area (Å²) in [7, 11) is 0. The Bertz CT molecular complexity index is 566. The van der Waals surface area contributed by atoms with Gasteiger partial charge in [0, 0.05) is 11.8 Å². The third-order valence-electron chi connectivity index (χ3n) is 2.70. The van der Waals surface area contributed by atoms with Gasteiger partial charge in [-0.3, -0.25) is 4.79 Å². The number of aromatic nitrogens is 1. The Labute approximate surface area is 105 Å². The predicted octanol–water partition coefficient (Wildman–Crippen LogP) is 3.40. The van der Waals surface area contributed by atoms with Crippen molar-refractivity contribution in [2.24, 2.45) is 0 Å². The number of hydrogen-bond acceptors (Lipinski definition) is 2. The third kappa shape index (κ3) is 2.62. The van der Waals surface area contributed by atoms with E-state index in [1.807, 2.05) is 12.1 Å². The lowest BCUT2D eigenvalue weighted by Crippen LogP contribution is -2.07. The Balaban J connectivity index is 2.34. The fraction of sp³-hybridized carbons (Fsp3) is 0.200. The normalized spacial score (nSPS) is 10.3. The summed E-state index contributed by atoms with van der Waals surface area (Å²) in [5.41, 5.74) is 1.45. The van der Waals surface area contributed by atoms with Gasteiger partial charge >= 0.3 is 0 Å². The molecule has 0 unspecified atom stereocenters. The van der Waals surface area contributed by atoms with Crippen LogP contribution in [-0.2, 0) is 6.42 Å². The highest BCUT2D eigenvalue weighted by Crippen LogP contribution is 2.13. The van der Waals surface area contributed by atoms with Crippen molar-refractivity contribution in [2.75, 3.05) is 0 Å². The highest BCUT2D eigenvalue weighted by atomic mass is 19.1. The Kier molecular flexibility index (Phi) is 3.82. The topological polar surface area (TPSA) is 30.0 Å². The van der Waals surface area contributed by atoms with Crippen LogP contribution in [0.3, 0.4) is 0 Å². The molecule has 0 radical (unpaired) electrons. The van der Waals surface area contributed by atoms with Crippen LogP contribution in [0.5, 0.6) is 0 Å². The van der Waals surface area contributed by atoms with Gasteiger partial charge in [-0.1, -0.05) is 31.5 Å². The number of ketones is 1. The number of carbonyl (C=O) groups is 1. The quantitative estimate of drug-likeness (QED) is 0.770. The molecule has 0 saturated heterocycles. The Morgan fingerprint density at radius 1 is 1.28 bits per heavy atom. The standard InChI is InChI=1S/C15H14FNO/c1-2-5-11-6-3-7-12(10-11)15(18)14-13(16)8-4-9-17-14/h3-4,6-10H,2,5H2,1H3. The lowest BCUT2D eigenvalue weighted by atomic mass is 10.0. The van der Waals surface area contributed by atoms with E-state index in [2.05, 4.69) is 11.9 Å². The van der Waals surface area contributed by atoms with Crippen molar-refractivity contribution in [3.05, 3.63) is 65.2 Å². The van der Waals surface area contributed by atoms with Gasteiger partial charge in [0.05, 0.1) is 0 Å². The maximum Gasteiger partial charge on any atom is 0.214 e. The zero-order valence-electron chi connectivity index (χ0n) is 10.2. The van der Waals surface area contributed by atoms with Gasteiger partial charge in [0.1, 0.15) is 5.69 Å². The highest BCUT2D eigenvalue weighted by Gasteiger charge is 2.15. The summed E-state index contributed by atoms with van der Waals surface area (Å²) in [6, 6.07) is 10.00. The molecule has 0 spiro atoms. The zero-order valence-corrected chi connectivity index (χ0v) is 10.2. The molecule has 2 rings (SSSR count). The minimum absolute atomic E-state index is 0.119. The Hall–Kier alpha value is -2.03. The van der Waals surface area contributed by atoms with Crippen LogP contribution in [0.15, 0.2) is 42.6 Å². The van der Waals surface area contributed by atoms with Crippen molar-refractivity contribution >= 4 is 5.78 Å². The van der Waals surface area contributed by atoms with E-state index in [4.69, 9.17) is 0 Å². The monoisotopic (exact) mass is 243 g/mol. The molecule has 2 nitrogen and oxygen atoms in total. The summed E-state index contributed by atoms with van der Waals surface area (Å²) in [5.74, 6) is -0.950. The van der Waals surface area contributed by atoms with E-state index in [1.54, 1.807) is 12.1 Å². The van der Waals surface area contributed by atoms with Crippen molar-refractivity contribution in [3.63, 3.8) is 0 Å². The summed E-state index contributed by atoms with van der Waals surface area (Å²) >= 11 is 0. The average Bonchev–Trinajstić information content (AvgIpc) is 2.39. The molecule has 18 heavy (non-hydrogen) atoms. The van der Waals surface area contributed by atoms with Crippen LogP contribution in [0.1, 0.15) is 35.0 Å². The first kappa shape index (κ1) is 12.4. The van der Waals surface area contributed by atoms with Crippen LogP contribution < -0.4 is 0 Å². The molecule has 1 aromatic carbocycles. The first-order chi connectivity index (χ1) is 8.72. The maximum absolute atomic E-state index is 13.5. The molecule has 0 amide bonds. The number of aryl methyl sites for hydroxylation is 1. The smallest absolute Gasteiger partial charge is 0.214 e. The number of hydrogen-bond donors (Lipinski definition) is 0. The fourth-order valence-corrected chi connectivity index (χ4v) is 1.85. The summed E-state index contributed by atoms with van der Waals surface area (Å²) in [6.45, 7) is 2.08. The molecule has 1 heterocycles. The maximum atomic E-state index is 13.5. The highest BCUT2D eigenvalue weighted by molar-refractivity contribution is 6.07. The molecule has 0 saturated carbocycles. The first-order valence-electron chi connectivity index (χ1n) is 5.96.